The molecule has 2 heterocycles. The second kappa shape index (κ2) is 6.76. The van der Waals surface area contributed by atoms with Crippen molar-refractivity contribution in [2.75, 3.05) is 27.0 Å². The lowest BCUT2D eigenvalue weighted by molar-refractivity contribution is -0.102. The van der Waals surface area contributed by atoms with Crippen molar-refractivity contribution in [2.24, 2.45) is 0 Å². The smallest absolute Gasteiger partial charge is 0.146 e. The molecule has 0 saturated carbocycles. The summed E-state index contributed by atoms with van der Waals surface area (Å²) in [6, 6.07) is 11.0. The highest BCUT2D eigenvalue weighted by Gasteiger charge is 2.37. The van der Waals surface area contributed by atoms with Gasteiger partial charge in [-0.3, -0.25) is 4.90 Å². The predicted octanol–water partition coefficient (Wildman–Crippen LogP) is 3.13. The molecule has 0 spiro atoms. The molecule has 1 fully saturated rings. The summed E-state index contributed by atoms with van der Waals surface area (Å²) in [7, 11) is 1.69. The van der Waals surface area contributed by atoms with Crippen LogP contribution in [0.1, 0.15) is 12.8 Å². The molecular formula is C16H21NO2S. The molecule has 2 atom stereocenters. The fourth-order valence-corrected chi connectivity index (χ4v) is 4.13. The zero-order valence-electron chi connectivity index (χ0n) is 11.8. The predicted molar refractivity (Wildman–Crippen MR) is 81.7 cm³/mol. The van der Waals surface area contributed by atoms with Gasteiger partial charge in [-0.15, -0.1) is 0 Å². The van der Waals surface area contributed by atoms with Gasteiger partial charge in [0.05, 0.1) is 12.1 Å². The minimum Gasteiger partial charge on any atom is -0.359 e. The van der Waals surface area contributed by atoms with Crippen molar-refractivity contribution in [1.29, 1.82) is 0 Å². The van der Waals surface area contributed by atoms with Crippen molar-refractivity contribution >= 4 is 11.8 Å². The van der Waals surface area contributed by atoms with Crippen molar-refractivity contribution < 1.29 is 9.47 Å². The molecule has 0 N–H and O–H groups in total. The summed E-state index contributed by atoms with van der Waals surface area (Å²) in [6.07, 6.45) is 4.95. The van der Waals surface area contributed by atoms with Crippen LogP contribution in [0.5, 0.6) is 0 Å². The van der Waals surface area contributed by atoms with Gasteiger partial charge in [-0.05, 0) is 31.5 Å². The molecule has 0 aromatic heterocycles. The standard InChI is InChI=1S/C16H21NO2S/c1-18-12-19-14-8-5-10-17-11-9-15(16(14)17)20-13-6-3-2-4-7-13/h2-4,6-7,9,14,16H,5,8,10-12H2,1H3/t14-,16-/m1/s1. The SMILES string of the molecule is COCO[C@@H]1CCCN2CC=C(Sc3ccccc3)[C@@H]12. The van der Waals surface area contributed by atoms with Crippen molar-refractivity contribution in [3.05, 3.63) is 41.3 Å². The number of hydrogen-bond donors (Lipinski definition) is 0. The minimum atomic E-state index is 0.258. The molecule has 108 valence electrons. The first-order chi connectivity index (χ1) is 9.88. The number of piperidine rings is 1. The number of hydrogen-bond acceptors (Lipinski definition) is 4. The quantitative estimate of drug-likeness (QED) is 0.777. The third-order valence-corrected chi connectivity index (χ3v) is 5.03. The van der Waals surface area contributed by atoms with Crippen molar-refractivity contribution in [3.8, 4) is 0 Å². The maximum atomic E-state index is 5.90. The van der Waals surface area contributed by atoms with Gasteiger partial charge in [-0.25, -0.2) is 0 Å². The van der Waals surface area contributed by atoms with Crippen LogP contribution >= 0.6 is 11.8 Å². The fourth-order valence-electron chi connectivity index (χ4n) is 2.98. The molecule has 1 aromatic rings. The van der Waals surface area contributed by atoms with Crippen LogP contribution in [0.4, 0.5) is 0 Å². The van der Waals surface area contributed by atoms with Gasteiger partial charge < -0.3 is 9.47 Å². The Bertz CT molecular complexity index is 463. The first-order valence-corrected chi connectivity index (χ1v) is 7.97. The molecule has 0 aliphatic carbocycles. The second-order valence-electron chi connectivity index (χ2n) is 5.22. The fraction of sp³-hybridized carbons (Fsp3) is 0.500. The molecule has 0 unspecified atom stereocenters. The van der Waals surface area contributed by atoms with Gasteiger partial charge >= 0.3 is 0 Å². The largest absolute Gasteiger partial charge is 0.359 e. The van der Waals surface area contributed by atoms with Crippen molar-refractivity contribution in [3.63, 3.8) is 0 Å². The van der Waals surface area contributed by atoms with E-state index in [1.165, 1.54) is 22.8 Å². The maximum absolute atomic E-state index is 5.90. The van der Waals surface area contributed by atoms with Gasteiger partial charge in [0.1, 0.15) is 6.79 Å². The van der Waals surface area contributed by atoms with E-state index in [9.17, 15) is 0 Å². The number of methoxy groups -OCH3 is 1. The first-order valence-electron chi connectivity index (χ1n) is 7.16. The summed E-state index contributed by atoms with van der Waals surface area (Å²) >= 11 is 1.87. The van der Waals surface area contributed by atoms with Crippen LogP contribution in [0.25, 0.3) is 0 Å². The summed E-state index contributed by atoms with van der Waals surface area (Å²) in [5.74, 6) is 0. The summed E-state index contributed by atoms with van der Waals surface area (Å²) < 4.78 is 11.0. The third-order valence-electron chi connectivity index (χ3n) is 3.88. The Morgan fingerprint density at radius 2 is 2.15 bits per heavy atom. The van der Waals surface area contributed by atoms with Crippen LogP contribution < -0.4 is 0 Å². The minimum absolute atomic E-state index is 0.258. The number of fused-ring (bicyclic) bond motifs is 1. The van der Waals surface area contributed by atoms with E-state index in [-0.39, 0.29) is 6.10 Å². The highest BCUT2D eigenvalue weighted by atomic mass is 32.2. The zero-order valence-corrected chi connectivity index (χ0v) is 12.6. The summed E-state index contributed by atoms with van der Waals surface area (Å²) in [4.78, 5) is 5.25. The lowest BCUT2D eigenvalue weighted by Gasteiger charge is -2.37. The van der Waals surface area contributed by atoms with Gasteiger partial charge in [-0.1, -0.05) is 36.0 Å². The van der Waals surface area contributed by atoms with Crippen LogP contribution in [0.2, 0.25) is 0 Å². The van der Waals surface area contributed by atoms with E-state index in [1.807, 2.05) is 11.8 Å². The van der Waals surface area contributed by atoms with E-state index in [0.29, 0.717) is 12.8 Å². The van der Waals surface area contributed by atoms with Crippen LogP contribution in [0.15, 0.2) is 46.2 Å². The summed E-state index contributed by atoms with van der Waals surface area (Å²) in [5, 5.41) is 0. The molecule has 20 heavy (non-hydrogen) atoms. The normalized spacial score (nSPS) is 26.4. The Hall–Kier alpha value is -0.810. The highest BCUT2D eigenvalue weighted by molar-refractivity contribution is 8.03. The Balaban J connectivity index is 1.71. The first kappa shape index (κ1) is 14.1. The molecular weight excluding hydrogens is 270 g/mol. The molecule has 1 saturated heterocycles. The zero-order chi connectivity index (χ0) is 13.8. The van der Waals surface area contributed by atoms with Crippen molar-refractivity contribution in [1.82, 2.24) is 4.90 Å². The Kier molecular flexibility index (Phi) is 4.78. The Labute approximate surface area is 124 Å². The summed E-state index contributed by atoms with van der Waals surface area (Å²) in [5.41, 5.74) is 0. The van der Waals surface area contributed by atoms with Crippen LogP contribution in [-0.2, 0) is 9.47 Å². The Morgan fingerprint density at radius 3 is 2.95 bits per heavy atom. The number of ether oxygens (including phenoxy) is 2. The van der Waals surface area contributed by atoms with Gasteiger partial charge in [0.15, 0.2) is 0 Å². The van der Waals surface area contributed by atoms with Gasteiger partial charge in [0.2, 0.25) is 0 Å². The van der Waals surface area contributed by atoms with E-state index in [0.717, 1.165) is 13.0 Å². The molecule has 0 radical (unpaired) electrons. The van der Waals surface area contributed by atoms with E-state index in [2.05, 4.69) is 41.3 Å². The van der Waals surface area contributed by atoms with Gasteiger partial charge in [-0.2, -0.15) is 0 Å². The maximum Gasteiger partial charge on any atom is 0.146 e. The number of rotatable bonds is 5. The van der Waals surface area contributed by atoms with Crippen LogP contribution in [0, 0.1) is 0 Å². The lowest BCUT2D eigenvalue weighted by Crippen LogP contribution is -2.47. The van der Waals surface area contributed by atoms with Gasteiger partial charge in [0.25, 0.3) is 0 Å². The van der Waals surface area contributed by atoms with E-state index >= 15 is 0 Å². The Morgan fingerprint density at radius 1 is 1.30 bits per heavy atom. The number of benzene rings is 1. The van der Waals surface area contributed by atoms with Gasteiger partial charge in [0, 0.05) is 23.5 Å². The lowest BCUT2D eigenvalue weighted by atomic mass is 10.0. The number of nitrogens with zero attached hydrogens (tertiary/aromatic N) is 1. The second-order valence-corrected chi connectivity index (χ2v) is 6.36. The molecule has 3 nitrogen and oxygen atoms in total. The van der Waals surface area contributed by atoms with Crippen molar-refractivity contribution in [2.45, 2.75) is 29.9 Å². The average molecular weight is 291 g/mol. The van der Waals surface area contributed by atoms with Crippen LogP contribution in [0.3, 0.4) is 0 Å². The molecule has 2 aliphatic rings. The molecule has 0 bridgehead atoms. The highest BCUT2D eigenvalue weighted by Crippen LogP contribution is 2.39. The molecule has 3 rings (SSSR count). The van der Waals surface area contributed by atoms with E-state index < -0.39 is 0 Å². The number of thioether (sulfide) groups is 1. The third kappa shape index (κ3) is 3.09. The molecule has 2 aliphatic heterocycles. The molecule has 0 amide bonds. The summed E-state index contributed by atoms with van der Waals surface area (Å²) in [6.45, 7) is 2.61. The molecule has 4 heteroatoms. The van der Waals surface area contributed by atoms with Crippen LogP contribution in [-0.4, -0.2) is 44.0 Å². The average Bonchev–Trinajstić information content (AvgIpc) is 2.90. The monoisotopic (exact) mass is 291 g/mol. The molecule has 1 aromatic carbocycles. The van der Waals surface area contributed by atoms with E-state index in [4.69, 9.17) is 9.47 Å². The topological polar surface area (TPSA) is 21.7 Å². The van der Waals surface area contributed by atoms with E-state index in [1.54, 1.807) is 7.11 Å².